The predicted molar refractivity (Wildman–Crippen MR) is 74.3 cm³/mol. The van der Waals surface area contributed by atoms with Crippen LogP contribution < -0.4 is 21.5 Å². The minimum Gasteiger partial charge on any atom is -1.00 e. The fourth-order valence-corrected chi connectivity index (χ4v) is 2.22. The second-order valence-electron chi connectivity index (χ2n) is 4.55. The molecule has 96 valence electrons. The highest BCUT2D eigenvalue weighted by atomic mass is 79.9. The predicted octanol–water partition coefficient (Wildman–Crippen LogP) is 0.374. The summed E-state index contributed by atoms with van der Waals surface area (Å²) in [4.78, 5) is 0. The van der Waals surface area contributed by atoms with Crippen LogP contribution in [0.3, 0.4) is 0 Å². The van der Waals surface area contributed by atoms with Gasteiger partial charge in [-0.3, -0.25) is 0 Å². The van der Waals surface area contributed by atoms with Crippen LogP contribution in [0.2, 0.25) is 0 Å². The summed E-state index contributed by atoms with van der Waals surface area (Å²) in [5.41, 5.74) is 1.39. The van der Waals surface area contributed by atoms with Crippen LogP contribution in [0, 0.1) is 0 Å². The number of halogens is 1. The molecule has 0 aliphatic heterocycles. The molecular formula is C17H16BrN. The minimum absolute atomic E-state index is 0. The third-order valence-electron chi connectivity index (χ3n) is 3.25. The van der Waals surface area contributed by atoms with E-state index in [-0.39, 0.29) is 17.0 Å². The van der Waals surface area contributed by atoms with E-state index in [1.165, 1.54) is 16.3 Å². The molecule has 1 heterocycles. The highest BCUT2D eigenvalue weighted by Gasteiger charge is 2.02. The smallest absolute Gasteiger partial charge is 0.176 e. The van der Waals surface area contributed by atoms with Crippen molar-refractivity contribution in [2.75, 3.05) is 0 Å². The molecule has 0 saturated carbocycles. The Balaban J connectivity index is 0.00000133. The summed E-state index contributed by atoms with van der Waals surface area (Å²) in [7, 11) is 0. The lowest BCUT2D eigenvalue weighted by Crippen LogP contribution is -3.00. The van der Waals surface area contributed by atoms with Crippen molar-refractivity contribution in [2.45, 2.75) is 13.0 Å². The Morgan fingerprint density at radius 2 is 1.42 bits per heavy atom. The van der Waals surface area contributed by atoms with Gasteiger partial charge in [0.15, 0.2) is 18.9 Å². The summed E-state index contributed by atoms with van der Waals surface area (Å²) in [6, 6.07) is 21.3. The summed E-state index contributed by atoms with van der Waals surface area (Å²) in [5, 5.41) is 2.60. The summed E-state index contributed by atoms with van der Waals surface area (Å²) in [6.45, 7) is 1.02. The van der Waals surface area contributed by atoms with Gasteiger partial charge in [0, 0.05) is 17.9 Å². The van der Waals surface area contributed by atoms with E-state index in [1.807, 2.05) is 0 Å². The van der Waals surface area contributed by atoms with Gasteiger partial charge in [0.05, 0.1) is 0 Å². The first-order chi connectivity index (χ1) is 8.92. The van der Waals surface area contributed by atoms with Gasteiger partial charge in [-0.1, -0.05) is 48.5 Å². The standard InChI is InChI=1S/C17H16N.BrH/c1-2-6-15(7-3-1)10-12-18-13-11-16-8-4-5-9-17(16)14-18;/h1-9,11,13-14H,10,12H2;1H/q+1;/p-1. The van der Waals surface area contributed by atoms with Crippen molar-refractivity contribution in [1.29, 1.82) is 0 Å². The zero-order chi connectivity index (χ0) is 12.2. The van der Waals surface area contributed by atoms with E-state index in [0.29, 0.717) is 0 Å². The number of rotatable bonds is 3. The maximum Gasteiger partial charge on any atom is 0.176 e. The van der Waals surface area contributed by atoms with Crippen LogP contribution in [0.5, 0.6) is 0 Å². The molecule has 0 bridgehead atoms. The molecule has 2 heteroatoms. The lowest BCUT2D eigenvalue weighted by molar-refractivity contribution is -0.695. The fraction of sp³-hybridized carbons (Fsp3) is 0.118. The van der Waals surface area contributed by atoms with Gasteiger partial charge in [0.25, 0.3) is 0 Å². The van der Waals surface area contributed by atoms with Crippen molar-refractivity contribution in [3.8, 4) is 0 Å². The first kappa shape index (κ1) is 13.8. The number of aromatic nitrogens is 1. The Bertz CT molecular complexity index is 649. The van der Waals surface area contributed by atoms with Crippen molar-refractivity contribution >= 4 is 10.8 Å². The maximum absolute atomic E-state index is 2.26. The van der Waals surface area contributed by atoms with Gasteiger partial charge in [0.2, 0.25) is 0 Å². The zero-order valence-electron chi connectivity index (χ0n) is 10.7. The molecule has 0 N–H and O–H groups in total. The Morgan fingerprint density at radius 3 is 2.21 bits per heavy atom. The highest BCUT2D eigenvalue weighted by molar-refractivity contribution is 5.80. The van der Waals surface area contributed by atoms with E-state index in [0.717, 1.165) is 13.0 Å². The van der Waals surface area contributed by atoms with Crippen LogP contribution in [0.25, 0.3) is 10.8 Å². The van der Waals surface area contributed by atoms with E-state index in [9.17, 15) is 0 Å². The van der Waals surface area contributed by atoms with Gasteiger partial charge in [-0.25, -0.2) is 4.57 Å². The van der Waals surface area contributed by atoms with Crippen molar-refractivity contribution in [2.24, 2.45) is 0 Å². The van der Waals surface area contributed by atoms with Crippen LogP contribution in [0.15, 0.2) is 73.1 Å². The average Bonchev–Trinajstić information content (AvgIpc) is 2.46. The lowest BCUT2D eigenvalue weighted by atomic mass is 10.1. The number of hydrogen-bond acceptors (Lipinski definition) is 0. The van der Waals surface area contributed by atoms with Gasteiger partial charge in [0.1, 0.15) is 0 Å². The molecule has 0 amide bonds. The molecule has 0 saturated heterocycles. The quantitative estimate of drug-likeness (QED) is 0.615. The molecule has 0 radical (unpaired) electrons. The zero-order valence-corrected chi connectivity index (χ0v) is 12.3. The molecule has 0 aliphatic carbocycles. The maximum atomic E-state index is 2.26. The van der Waals surface area contributed by atoms with Crippen LogP contribution in [-0.2, 0) is 13.0 Å². The van der Waals surface area contributed by atoms with Crippen molar-refractivity contribution in [1.82, 2.24) is 0 Å². The van der Waals surface area contributed by atoms with Crippen molar-refractivity contribution in [3.05, 3.63) is 78.6 Å². The Kier molecular flexibility index (Phi) is 4.69. The monoisotopic (exact) mass is 313 g/mol. The summed E-state index contributed by atoms with van der Waals surface area (Å²) < 4.78 is 2.26. The van der Waals surface area contributed by atoms with E-state index in [2.05, 4.69) is 77.6 Å². The third-order valence-corrected chi connectivity index (χ3v) is 3.25. The summed E-state index contributed by atoms with van der Waals surface area (Å²) in [5.74, 6) is 0. The first-order valence-corrected chi connectivity index (χ1v) is 6.33. The van der Waals surface area contributed by atoms with E-state index in [1.54, 1.807) is 0 Å². The molecule has 19 heavy (non-hydrogen) atoms. The molecule has 2 aromatic carbocycles. The fourth-order valence-electron chi connectivity index (χ4n) is 2.22. The minimum atomic E-state index is 0. The second-order valence-corrected chi connectivity index (χ2v) is 4.55. The molecule has 0 fully saturated rings. The Labute approximate surface area is 124 Å². The van der Waals surface area contributed by atoms with Gasteiger partial charge < -0.3 is 17.0 Å². The third kappa shape index (κ3) is 3.42. The first-order valence-electron chi connectivity index (χ1n) is 6.33. The molecule has 0 unspecified atom stereocenters. The molecule has 1 aromatic heterocycles. The Hall–Kier alpha value is -1.67. The number of aryl methyl sites for hydroxylation is 2. The van der Waals surface area contributed by atoms with E-state index in [4.69, 9.17) is 0 Å². The van der Waals surface area contributed by atoms with Crippen LogP contribution >= 0.6 is 0 Å². The van der Waals surface area contributed by atoms with Gasteiger partial charge in [-0.2, -0.15) is 0 Å². The summed E-state index contributed by atoms with van der Waals surface area (Å²) in [6.07, 6.45) is 5.45. The van der Waals surface area contributed by atoms with Gasteiger partial charge >= 0.3 is 0 Å². The number of fused-ring (bicyclic) bond motifs is 1. The van der Waals surface area contributed by atoms with Crippen LogP contribution in [0.1, 0.15) is 5.56 Å². The topological polar surface area (TPSA) is 3.88 Å². The average molecular weight is 314 g/mol. The number of benzene rings is 2. The van der Waals surface area contributed by atoms with Crippen molar-refractivity contribution in [3.63, 3.8) is 0 Å². The Morgan fingerprint density at radius 1 is 0.737 bits per heavy atom. The van der Waals surface area contributed by atoms with E-state index >= 15 is 0 Å². The number of nitrogens with zero attached hydrogens (tertiary/aromatic N) is 1. The second kappa shape index (κ2) is 6.48. The van der Waals surface area contributed by atoms with E-state index < -0.39 is 0 Å². The lowest BCUT2D eigenvalue weighted by Gasteiger charge is -2.00. The van der Waals surface area contributed by atoms with Gasteiger partial charge in [-0.05, 0) is 17.0 Å². The highest BCUT2D eigenvalue weighted by Crippen LogP contribution is 2.09. The van der Waals surface area contributed by atoms with Crippen LogP contribution in [-0.4, -0.2) is 0 Å². The number of hydrogen-bond donors (Lipinski definition) is 0. The molecule has 0 spiro atoms. The number of pyridine rings is 1. The normalized spacial score (nSPS) is 10.1. The molecule has 0 aliphatic rings. The van der Waals surface area contributed by atoms with Gasteiger partial charge in [-0.15, -0.1) is 0 Å². The van der Waals surface area contributed by atoms with Crippen molar-refractivity contribution < 1.29 is 21.5 Å². The largest absolute Gasteiger partial charge is 1.00 e. The molecule has 3 aromatic rings. The molecule has 0 atom stereocenters. The molecule has 1 nitrogen and oxygen atoms in total. The molecule has 3 rings (SSSR count). The SMILES string of the molecule is [Br-].c1ccc(CC[n+]2ccc3ccccc3c2)cc1. The summed E-state index contributed by atoms with van der Waals surface area (Å²) >= 11 is 0. The molecular weight excluding hydrogens is 298 g/mol. The van der Waals surface area contributed by atoms with Crippen LogP contribution in [0.4, 0.5) is 0 Å².